The van der Waals surface area contributed by atoms with Crippen LogP contribution in [-0.4, -0.2) is 64.6 Å². The van der Waals surface area contributed by atoms with E-state index in [1.54, 1.807) is 7.11 Å². The second kappa shape index (κ2) is 12.8. The summed E-state index contributed by atoms with van der Waals surface area (Å²) in [5, 5.41) is 3.07. The molecule has 0 saturated carbocycles. The Labute approximate surface area is 226 Å². The summed E-state index contributed by atoms with van der Waals surface area (Å²) in [6.07, 6.45) is 8.45. The minimum atomic E-state index is -0.0905. The molecule has 202 valence electrons. The highest BCUT2D eigenvalue weighted by Crippen LogP contribution is 2.28. The normalized spacial score (nSPS) is 15.2. The molecule has 1 saturated heterocycles. The summed E-state index contributed by atoms with van der Waals surface area (Å²) in [6, 6.07) is 11.4. The highest BCUT2D eigenvalue weighted by molar-refractivity contribution is 5.96. The molecule has 4 rings (SSSR count). The van der Waals surface area contributed by atoms with Crippen molar-refractivity contribution in [2.75, 3.05) is 31.6 Å². The first-order chi connectivity index (χ1) is 18.4. The van der Waals surface area contributed by atoms with Crippen molar-refractivity contribution in [3.8, 4) is 5.75 Å². The molecule has 8 heteroatoms. The van der Waals surface area contributed by atoms with Crippen LogP contribution >= 0.6 is 0 Å². The van der Waals surface area contributed by atoms with Crippen molar-refractivity contribution in [3.05, 3.63) is 77.1 Å². The molecule has 1 N–H and O–H groups in total. The largest absolute Gasteiger partial charge is 0.497 e. The standard InChI is InChI=1S/C30H40N6O2/c1-21-16-25(18-31-17-21)19-36(26-6-8-28(38-5)9-7-26)27-11-14-35(15-12-27)22(2)10-13-32-30(37)29-23(3)33-20-34-24(29)4/h6-9,16-18,20,22,27H,10-15,19H2,1-5H3,(H,32,37). The molecule has 1 atom stereocenters. The summed E-state index contributed by atoms with van der Waals surface area (Å²) in [4.78, 5) is 30.5. The fraction of sp³-hybridized carbons (Fsp3) is 0.467. The van der Waals surface area contributed by atoms with Crippen LogP contribution in [0, 0.1) is 20.8 Å². The topological polar surface area (TPSA) is 83.5 Å². The zero-order valence-corrected chi connectivity index (χ0v) is 23.3. The Morgan fingerprint density at radius 2 is 1.79 bits per heavy atom. The third-order valence-electron chi connectivity index (χ3n) is 7.55. The smallest absolute Gasteiger partial charge is 0.254 e. The van der Waals surface area contributed by atoms with E-state index >= 15 is 0 Å². The third kappa shape index (κ3) is 6.86. The van der Waals surface area contributed by atoms with Gasteiger partial charge in [0, 0.05) is 56.3 Å². The minimum absolute atomic E-state index is 0.0905. The molecule has 0 radical (unpaired) electrons. The van der Waals surface area contributed by atoms with Crippen LogP contribution in [0.4, 0.5) is 5.69 Å². The van der Waals surface area contributed by atoms with Gasteiger partial charge in [-0.15, -0.1) is 0 Å². The van der Waals surface area contributed by atoms with E-state index in [0.717, 1.165) is 44.6 Å². The van der Waals surface area contributed by atoms with Gasteiger partial charge >= 0.3 is 0 Å². The van der Waals surface area contributed by atoms with E-state index in [0.29, 0.717) is 35.6 Å². The SMILES string of the molecule is COc1ccc(N(Cc2cncc(C)c2)C2CCN(C(C)CCNC(=O)c3c(C)ncnc3C)CC2)cc1. The second-order valence-corrected chi connectivity index (χ2v) is 10.3. The fourth-order valence-electron chi connectivity index (χ4n) is 5.33. The number of carbonyl (C=O) groups excluding carboxylic acids is 1. The molecule has 0 spiro atoms. The van der Waals surface area contributed by atoms with Crippen LogP contribution in [0.15, 0.2) is 49.1 Å². The Balaban J connectivity index is 1.34. The maximum atomic E-state index is 12.7. The van der Waals surface area contributed by atoms with E-state index in [2.05, 4.69) is 62.1 Å². The van der Waals surface area contributed by atoms with Gasteiger partial charge in [-0.25, -0.2) is 9.97 Å². The summed E-state index contributed by atoms with van der Waals surface area (Å²) in [5.41, 5.74) is 5.63. The molecule has 1 amide bonds. The van der Waals surface area contributed by atoms with E-state index in [1.807, 2.05) is 38.4 Å². The van der Waals surface area contributed by atoms with E-state index in [9.17, 15) is 4.79 Å². The molecule has 0 bridgehead atoms. The summed E-state index contributed by atoms with van der Waals surface area (Å²) >= 11 is 0. The summed E-state index contributed by atoms with van der Waals surface area (Å²) in [7, 11) is 1.70. The van der Waals surface area contributed by atoms with Crippen molar-refractivity contribution >= 4 is 11.6 Å². The first-order valence-electron chi connectivity index (χ1n) is 13.5. The molecular formula is C30H40N6O2. The molecule has 8 nitrogen and oxygen atoms in total. The quantitative estimate of drug-likeness (QED) is 0.425. The van der Waals surface area contributed by atoms with Gasteiger partial charge in [0.1, 0.15) is 12.1 Å². The maximum absolute atomic E-state index is 12.7. The van der Waals surface area contributed by atoms with Gasteiger partial charge in [-0.1, -0.05) is 6.07 Å². The van der Waals surface area contributed by atoms with Gasteiger partial charge in [-0.2, -0.15) is 0 Å². The molecule has 38 heavy (non-hydrogen) atoms. The number of nitrogens with zero attached hydrogens (tertiary/aromatic N) is 5. The first-order valence-corrected chi connectivity index (χ1v) is 13.5. The van der Waals surface area contributed by atoms with Crippen molar-refractivity contribution in [3.63, 3.8) is 0 Å². The second-order valence-electron chi connectivity index (χ2n) is 10.3. The lowest BCUT2D eigenvalue weighted by molar-refractivity contribution is 0.0943. The molecule has 1 fully saturated rings. The number of hydrogen-bond acceptors (Lipinski definition) is 7. The molecule has 0 aliphatic carbocycles. The number of pyridine rings is 1. The van der Waals surface area contributed by atoms with Gasteiger partial charge in [0.05, 0.1) is 24.1 Å². The van der Waals surface area contributed by atoms with Crippen LogP contribution in [0.1, 0.15) is 59.1 Å². The number of piperidine rings is 1. The average Bonchev–Trinajstić information content (AvgIpc) is 2.92. The van der Waals surface area contributed by atoms with Gasteiger partial charge in [0.2, 0.25) is 0 Å². The van der Waals surface area contributed by atoms with Crippen molar-refractivity contribution in [1.82, 2.24) is 25.2 Å². The van der Waals surface area contributed by atoms with Crippen LogP contribution in [0.3, 0.4) is 0 Å². The van der Waals surface area contributed by atoms with Crippen LogP contribution in [-0.2, 0) is 6.54 Å². The zero-order valence-electron chi connectivity index (χ0n) is 23.3. The number of anilines is 1. The number of likely N-dealkylation sites (tertiary alicyclic amines) is 1. The number of carbonyl (C=O) groups is 1. The molecule has 2 aromatic heterocycles. The van der Waals surface area contributed by atoms with Crippen LogP contribution in [0.2, 0.25) is 0 Å². The predicted molar refractivity (Wildman–Crippen MR) is 151 cm³/mol. The molecule has 1 aromatic carbocycles. The van der Waals surface area contributed by atoms with Gasteiger partial charge in [0.25, 0.3) is 5.91 Å². The lowest BCUT2D eigenvalue weighted by Gasteiger charge is -2.42. The average molecular weight is 517 g/mol. The Morgan fingerprint density at radius 1 is 1.11 bits per heavy atom. The van der Waals surface area contributed by atoms with E-state index in [1.165, 1.54) is 23.1 Å². The number of hydrogen-bond donors (Lipinski definition) is 1. The lowest BCUT2D eigenvalue weighted by atomic mass is 9.99. The Bertz CT molecular complexity index is 1190. The molecule has 1 aliphatic rings. The number of benzene rings is 1. The number of aromatic nitrogens is 3. The lowest BCUT2D eigenvalue weighted by Crippen LogP contribution is -2.48. The van der Waals surface area contributed by atoms with Crippen molar-refractivity contribution in [2.24, 2.45) is 0 Å². The summed E-state index contributed by atoms with van der Waals surface area (Å²) in [5.74, 6) is 0.777. The monoisotopic (exact) mass is 516 g/mol. The summed E-state index contributed by atoms with van der Waals surface area (Å²) < 4.78 is 5.38. The Kier molecular flexibility index (Phi) is 9.29. The minimum Gasteiger partial charge on any atom is -0.497 e. The van der Waals surface area contributed by atoms with Gasteiger partial charge in [0.15, 0.2) is 0 Å². The third-order valence-corrected chi connectivity index (χ3v) is 7.55. The number of ether oxygens (including phenoxy) is 1. The molecule has 1 aliphatic heterocycles. The molecule has 1 unspecified atom stereocenters. The Morgan fingerprint density at radius 3 is 2.42 bits per heavy atom. The maximum Gasteiger partial charge on any atom is 0.254 e. The number of nitrogens with one attached hydrogen (secondary N) is 1. The van der Waals surface area contributed by atoms with E-state index < -0.39 is 0 Å². The van der Waals surface area contributed by atoms with Gasteiger partial charge in [-0.3, -0.25) is 9.78 Å². The van der Waals surface area contributed by atoms with Gasteiger partial charge in [-0.05, 0) is 82.3 Å². The van der Waals surface area contributed by atoms with Gasteiger partial charge < -0.3 is 19.9 Å². The van der Waals surface area contributed by atoms with E-state index in [-0.39, 0.29) is 5.91 Å². The van der Waals surface area contributed by atoms with Crippen molar-refractivity contribution < 1.29 is 9.53 Å². The summed E-state index contributed by atoms with van der Waals surface area (Å²) in [6.45, 7) is 11.6. The highest BCUT2D eigenvalue weighted by Gasteiger charge is 2.27. The fourth-order valence-corrected chi connectivity index (χ4v) is 5.33. The van der Waals surface area contributed by atoms with Crippen LogP contribution < -0.4 is 15.0 Å². The zero-order chi connectivity index (χ0) is 27.1. The molecule has 3 aromatic rings. The Hall–Kier alpha value is -3.52. The number of amides is 1. The van der Waals surface area contributed by atoms with E-state index in [4.69, 9.17) is 4.74 Å². The number of methoxy groups -OCH3 is 1. The predicted octanol–water partition coefficient (Wildman–Crippen LogP) is 4.49. The number of rotatable bonds is 10. The van der Waals surface area contributed by atoms with Crippen LogP contribution in [0.5, 0.6) is 5.75 Å². The van der Waals surface area contributed by atoms with Crippen LogP contribution in [0.25, 0.3) is 0 Å². The highest BCUT2D eigenvalue weighted by atomic mass is 16.5. The first kappa shape index (κ1) is 27.5. The number of aryl methyl sites for hydroxylation is 3. The molecule has 3 heterocycles. The molecular weight excluding hydrogens is 476 g/mol. The van der Waals surface area contributed by atoms with Crippen molar-refractivity contribution in [1.29, 1.82) is 0 Å². The van der Waals surface area contributed by atoms with Crippen molar-refractivity contribution in [2.45, 2.75) is 65.6 Å².